The molecular weight excluding hydrogens is 727 g/mol. The van der Waals surface area contributed by atoms with Crippen LogP contribution < -0.4 is 0 Å². The Labute approximate surface area is 356 Å². The zero-order valence-electron chi connectivity index (χ0n) is 38.2. The van der Waals surface area contributed by atoms with Gasteiger partial charge >= 0.3 is 17.9 Å². The Bertz CT molecular complexity index is 1090. The van der Waals surface area contributed by atoms with Gasteiger partial charge < -0.3 is 23.8 Å². The molecule has 0 aliphatic heterocycles. The van der Waals surface area contributed by atoms with Crippen molar-refractivity contribution in [3.05, 3.63) is 48.6 Å². The van der Waals surface area contributed by atoms with Gasteiger partial charge in [0, 0.05) is 19.3 Å². The highest BCUT2D eigenvalue weighted by Gasteiger charge is 2.31. The van der Waals surface area contributed by atoms with Crippen LogP contribution in [0.3, 0.4) is 0 Å². The summed E-state index contributed by atoms with van der Waals surface area (Å²) in [5.74, 6) is -1.48. The van der Waals surface area contributed by atoms with E-state index >= 15 is 0 Å². The molecule has 0 aromatic rings. The number of esters is 2. The van der Waals surface area contributed by atoms with Gasteiger partial charge in [-0.2, -0.15) is 0 Å². The fourth-order valence-electron chi connectivity index (χ4n) is 6.83. The van der Waals surface area contributed by atoms with Crippen LogP contribution >= 0.6 is 0 Å². The molecule has 8 heteroatoms. The fraction of sp³-hybridized carbons (Fsp3) is 0.780. The zero-order chi connectivity index (χ0) is 42.8. The van der Waals surface area contributed by atoms with Crippen molar-refractivity contribution in [2.45, 2.75) is 212 Å². The largest absolute Gasteiger partial charge is 0.477 e. The van der Waals surface area contributed by atoms with Gasteiger partial charge in [0.25, 0.3) is 0 Å². The summed E-state index contributed by atoms with van der Waals surface area (Å²) < 4.78 is 17.3. The van der Waals surface area contributed by atoms with E-state index in [9.17, 15) is 19.5 Å². The van der Waals surface area contributed by atoms with Gasteiger partial charge in [0.1, 0.15) is 6.61 Å². The van der Waals surface area contributed by atoms with E-state index in [1.165, 1.54) is 109 Å². The number of carbonyl (C=O) groups is 3. The van der Waals surface area contributed by atoms with Crippen molar-refractivity contribution in [2.75, 3.05) is 41.0 Å². The quantitative estimate of drug-likeness (QED) is 0.0215. The Morgan fingerprint density at radius 3 is 1.52 bits per heavy atom. The number of ether oxygens (including phenoxy) is 3. The van der Waals surface area contributed by atoms with Crippen molar-refractivity contribution >= 4 is 17.9 Å². The van der Waals surface area contributed by atoms with E-state index in [2.05, 4.69) is 62.5 Å². The number of aliphatic carboxylic acids is 1. The molecule has 2 atom stereocenters. The van der Waals surface area contributed by atoms with Crippen LogP contribution in [0.15, 0.2) is 48.6 Å². The van der Waals surface area contributed by atoms with Crippen molar-refractivity contribution in [2.24, 2.45) is 0 Å². The van der Waals surface area contributed by atoms with Gasteiger partial charge in [0.05, 0.1) is 34.4 Å². The number of nitrogens with zero attached hydrogens (tertiary/aromatic N) is 1. The number of hydrogen-bond acceptors (Lipinski definition) is 6. The summed E-state index contributed by atoms with van der Waals surface area (Å²) in [6.45, 7) is 4.61. The van der Waals surface area contributed by atoms with Crippen LogP contribution in [0.1, 0.15) is 200 Å². The first-order valence-electron chi connectivity index (χ1n) is 23.7. The molecule has 1 N–H and O–H groups in total. The van der Waals surface area contributed by atoms with Gasteiger partial charge in [-0.25, -0.2) is 4.79 Å². The number of allylic oxidation sites excluding steroid dienone is 8. The molecule has 2 unspecified atom stereocenters. The number of quaternary nitrogens is 1. The van der Waals surface area contributed by atoms with Crippen LogP contribution in [0.2, 0.25) is 0 Å². The third-order valence-corrected chi connectivity index (χ3v) is 10.5. The van der Waals surface area contributed by atoms with Crippen molar-refractivity contribution in [1.82, 2.24) is 0 Å². The van der Waals surface area contributed by atoms with Gasteiger partial charge in [-0.1, -0.05) is 165 Å². The molecule has 0 aromatic heterocycles. The minimum absolute atomic E-state index is 0.0561. The van der Waals surface area contributed by atoms with Crippen LogP contribution in [-0.4, -0.2) is 80.6 Å². The number of rotatable bonds is 42. The first kappa shape index (κ1) is 55.3. The summed E-state index contributed by atoms with van der Waals surface area (Å²) in [7, 11) is 5.52. The molecule has 0 spiro atoms. The Balaban J connectivity index is 4.27. The molecule has 0 bridgehead atoms. The Kier molecular flexibility index (Phi) is 39.1. The minimum atomic E-state index is -0.877. The lowest BCUT2D eigenvalue weighted by Gasteiger charge is -2.31. The lowest BCUT2D eigenvalue weighted by Crippen LogP contribution is -2.50. The van der Waals surface area contributed by atoms with Crippen LogP contribution in [-0.2, 0) is 28.6 Å². The number of hydrogen-bond donors (Lipinski definition) is 1. The average Bonchev–Trinajstić information content (AvgIpc) is 3.18. The van der Waals surface area contributed by atoms with Gasteiger partial charge in [0.2, 0.25) is 0 Å². The van der Waals surface area contributed by atoms with E-state index < -0.39 is 18.1 Å². The molecular formula is C50H90NO7+. The number of carbonyl (C=O) groups excluding carboxylic acids is 2. The van der Waals surface area contributed by atoms with Crippen molar-refractivity contribution in [3.63, 3.8) is 0 Å². The summed E-state index contributed by atoms with van der Waals surface area (Å²) in [6, 6.07) is -0.617. The van der Waals surface area contributed by atoms with E-state index in [0.29, 0.717) is 19.3 Å². The predicted molar refractivity (Wildman–Crippen MR) is 243 cm³/mol. The average molecular weight is 817 g/mol. The molecule has 336 valence electrons. The number of likely N-dealkylation sites (N-methyl/N-ethyl adjacent to an activating group) is 1. The van der Waals surface area contributed by atoms with E-state index in [1.54, 1.807) is 0 Å². The van der Waals surface area contributed by atoms with Gasteiger partial charge in [-0.15, -0.1) is 0 Å². The Morgan fingerprint density at radius 2 is 1.02 bits per heavy atom. The first-order chi connectivity index (χ1) is 28.1. The zero-order valence-corrected chi connectivity index (χ0v) is 38.2. The van der Waals surface area contributed by atoms with Crippen LogP contribution in [0.25, 0.3) is 0 Å². The molecule has 0 rings (SSSR count). The summed E-state index contributed by atoms with van der Waals surface area (Å²) in [4.78, 5) is 37.0. The lowest BCUT2D eigenvalue weighted by atomic mass is 10.1. The molecule has 0 saturated heterocycles. The maximum absolute atomic E-state index is 12.7. The molecule has 0 amide bonds. The van der Waals surface area contributed by atoms with E-state index in [4.69, 9.17) is 14.2 Å². The second-order valence-electron chi connectivity index (χ2n) is 17.0. The molecule has 0 aliphatic rings. The normalized spacial score (nSPS) is 13.3. The second-order valence-corrected chi connectivity index (χ2v) is 17.0. The van der Waals surface area contributed by atoms with Gasteiger partial charge in [-0.05, 0) is 64.2 Å². The summed E-state index contributed by atoms with van der Waals surface area (Å²) in [5, 5.41) is 9.63. The van der Waals surface area contributed by atoms with E-state index in [-0.39, 0.29) is 36.2 Å². The summed E-state index contributed by atoms with van der Waals surface area (Å²) in [6.07, 6.45) is 48.7. The fourth-order valence-corrected chi connectivity index (χ4v) is 6.83. The highest BCUT2D eigenvalue weighted by Crippen LogP contribution is 2.15. The van der Waals surface area contributed by atoms with E-state index in [0.717, 1.165) is 57.8 Å². The number of carboxylic acids is 1. The molecule has 0 aromatic carbocycles. The van der Waals surface area contributed by atoms with Crippen LogP contribution in [0.4, 0.5) is 0 Å². The van der Waals surface area contributed by atoms with Crippen molar-refractivity contribution in [3.8, 4) is 0 Å². The number of carboxylic acid groups (broad SMARTS) is 1. The SMILES string of the molecule is CC/C=C/C/C=C/CCCCCCCCCC(=O)OC(COCCC(C(=O)O)[N+](C)(C)C)COC(=O)CCCCCCCCCCCC/C=C/C=C/CCCCCC. The van der Waals surface area contributed by atoms with Crippen molar-refractivity contribution < 1.29 is 38.2 Å². The standard InChI is InChI=1S/C50H89NO7/c1-6-8-10-12-14-16-18-20-22-23-24-25-26-27-29-30-32-34-36-38-40-48(52)57-45-46(44-56-43-42-47(50(54)55)51(3,4)5)58-49(53)41-39-37-35-33-31-28-21-19-17-15-13-11-9-7-2/h9,11,15-18,20,22,46-47H,6-8,10,12-14,19,21,23-45H2,1-5H3/p+1/b11-9+,17-15+,18-16+,22-20+. The summed E-state index contributed by atoms with van der Waals surface area (Å²) >= 11 is 0. The molecule has 0 saturated carbocycles. The Hall–Kier alpha value is -2.71. The highest BCUT2D eigenvalue weighted by molar-refractivity contribution is 5.72. The minimum Gasteiger partial charge on any atom is -0.477 e. The van der Waals surface area contributed by atoms with Gasteiger partial charge in [0.15, 0.2) is 12.1 Å². The first-order valence-corrected chi connectivity index (χ1v) is 23.7. The predicted octanol–water partition coefficient (Wildman–Crippen LogP) is 13.2. The molecule has 0 radical (unpaired) electrons. The van der Waals surface area contributed by atoms with Crippen LogP contribution in [0.5, 0.6) is 0 Å². The molecule has 8 nitrogen and oxygen atoms in total. The lowest BCUT2D eigenvalue weighted by molar-refractivity contribution is -0.887. The maximum Gasteiger partial charge on any atom is 0.362 e. The van der Waals surface area contributed by atoms with E-state index in [1.807, 2.05) is 21.1 Å². The maximum atomic E-state index is 12.7. The van der Waals surface area contributed by atoms with Crippen LogP contribution in [0, 0.1) is 0 Å². The smallest absolute Gasteiger partial charge is 0.362 e. The molecule has 58 heavy (non-hydrogen) atoms. The third-order valence-electron chi connectivity index (χ3n) is 10.5. The van der Waals surface area contributed by atoms with Crippen molar-refractivity contribution in [1.29, 1.82) is 0 Å². The monoisotopic (exact) mass is 817 g/mol. The second kappa shape index (κ2) is 41.0. The number of unbranched alkanes of at least 4 members (excludes halogenated alkanes) is 21. The van der Waals surface area contributed by atoms with Gasteiger partial charge in [-0.3, -0.25) is 9.59 Å². The molecule has 0 heterocycles. The third kappa shape index (κ3) is 38.8. The molecule has 0 fully saturated rings. The Morgan fingerprint density at radius 1 is 0.552 bits per heavy atom. The molecule has 0 aliphatic carbocycles. The topological polar surface area (TPSA) is 99.1 Å². The highest BCUT2D eigenvalue weighted by atomic mass is 16.6. The summed E-state index contributed by atoms with van der Waals surface area (Å²) in [5.41, 5.74) is 0.